The number of hydrogen-bond donors (Lipinski definition) is 1. The largest absolute Gasteiger partial charge is 0.392 e. The Bertz CT molecular complexity index is 617. The molecular weight excluding hydrogens is 305 g/mol. The van der Waals surface area contributed by atoms with Crippen molar-refractivity contribution < 1.29 is 13.9 Å². The topological polar surface area (TPSA) is 20.2 Å². The van der Waals surface area contributed by atoms with Crippen molar-refractivity contribution in [3.8, 4) is 0 Å². The minimum absolute atomic E-state index is 0.0461. The predicted molar refractivity (Wildman–Crippen MR) is 76.2 cm³/mol. The van der Waals surface area contributed by atoms with Crippen LogP contribution in [0.2, 0.25) is 10.0 Å². The van der Waals surface area contributed by atoms with E-state index in [0.717, 1.165) is 0 Å². The van der Waals surface area contributed by atoms with Gasteiger partial charge in [0.15, 0.2) is 0 Å². The van der Waals surface area contributed by atoms with Gasteiger partial charge >= 0.3 is 0 Å². The van der Waals surface area contributed by atoms with Gasteiger partial charge in [-0.3, -0.25) is 0 Å². The summed E-state index contributed by atoms with van der Waals surface area (Å²) >= 11 is 11.5. The van der Waals surface area contributed by atoms with E-state index in [9.17, 15) is 13.9 Å². The minimum atomic E-state index is -0.737. The highest BCUT2D eigenvalue weighted by Crippen LogP contribution is 2.21. The molecule has 20 heavy (non-hydrogen) atoms. The second kappa shape index (κ2) is 6.53. The van der Waals surface area contributed by atoms with Crippen LogP contribution in [-0.4, -0.2) is 11.2 Å². The highest BCUT2D eigenvalue weighted by atomic mass is 35.5. The van der Waals surface area contributed by atoms with Gasteiger partial charge < -0.3 is 5.11 Å². The van der Waals surface area contributed by atoms with Crippen molar-refractivity contribution in [3.63, 3.8) is 0 Å². The number of aliphatic hydroxyl groups excluding tert-OH is 1. The fourth-order valence-corrected chi connectivity index (χ4v) is 2.31. The maximum Gasteiger partial charge on any atom is 0.142 e. The summed E-state index contributed by atoms with van der Waals surface area (Å²) in [4.78, 5) is 0. The Labute approximate surface area is 125 Å². The highest BCUT2D eigenvalue weighted by Gasteiger charge is 2.11. The second-order valence-electron chi connectivity index (χ2n) is 4.55. The number of aliphatic hydroxyl groups is 1. The van der Waals surface area contributed by atoms with E-state index in [0.29, 0.717) is 11.1 Å². The van der Waals surface area contributed by atoms with Crippen molar-refractivity contribution >= 4 is 23.2 Å². The van der Waals surface area contributed by atoms with E-state index in [2.05, 4.69) is 0 Å². The molecule has 0 saturated heterocycles. The van der Waals surface area contributed by atoms with Crippen LogP contribution in [0.3, 0.4) is 0 Å². The lowest BCUT2D eigenvalue weighted by Gasteiger charge is -2.12. The van der Waals surface area contributed by atoms with E-state index >= 15 is 0 Å². The van der Waals surface area contributed by atoms with Crippen molar-refractivity contribution in [2.75, 3.05) is 0 Å². The summed E-state index contributed by atoms with van der Waals surface area (Å²) < 4.78 is 26.2. The first-order chi connectivity index (χ1) is 9.45. The molecule has 0 aromatic heterocycles. The predicted octanol–water partition coefficient (Wildman–Crippen LogP) is 4.42. The molecule has 106 valence electrons. The van der Waals surface area contributed by atoms with Gasteiger partial charge in [0.2, 0.25) is 0 Å². The van der Waals surface area contributed by atoms with E-state index in [-0.39, 0.29) is 22.9 Å². The molecule has 5 heteroatoms. The molecule has 0 aliphatic carbocycles. The molecule has 0 heterocycles. The lowest BCUT2D eigenvalue weighted by molar-refractivity contribution is 0.175. The first-order valence-corrected chi connectivity index (χ1v) is 6.77. The van der Waals surface area contributed by atoms with Gasteiger partial charge in [0, 0.05) is 11.4 Å². The molecule has 2 aromatic carbocycles. The Kier molecular flexibility index (Phi) is 4.97. The van der Waals surface area contributed by atoms with Crippen LogP contribution in [0.25, 0.3) is 0 Å². The molecule has 2 aromatic rings. The third kappa shape index (κ3) is 3.92. The molecule has 2 rings (SSSR count). The van der Waals surface area contributed by atoms with E-state index in [1.807, 2.05) is 0 Å². The number of halogens is 4. The van der Waals surface area contributed by atoms with E-state index in [4.69, 9.17) is 23.2 Å². The monoisotopic (exact) mass is 316 g/mol. The Morgan fingerprint density at radius 1 is 0.950 bits per heavy atom. The molecule has 1 N–H and O–H groups in total. The highest BCUT2D eigenvalue weighted by molar-refractivity contribution is 6.31. The third-order valence-electron chi connectivity index (χ3n) is 2.93. The molecule has 1 nitrogen and oxygen atoms in total. The summed E-state index contributed by atoms with van der Waals surface area (Å²) in [6.45, 7) is 0. The molecule has 0 aliphatic heterocycles. The third-order valence-corrected chi connectivity index (χ3v) is 3.58. The minimum Gasteiger partial charge on any atom is -0.392 e. The molecule has 0 bridgehead atoms. The van der Waals surface area contributed by atoms with Crippen molar-refractivity contribution in [2.45, 2.75) is 18.9 Å². The Hall–Kier alpha value is -1.16. The van der Waals surface area contributed by atoms with Crippen molar-refractivity contribution in [2.24, 2.45) is 0 Å². The Balaban J connectivity index is 2.04. The second-order valence-corrected chi connectivity index (χ2v) is 5.36. The summed E-state index contributed by atoms with van der Waals surface area (Å²) in [5.41, 5.74) is 1.28. The zero-order valence-electron chi connectivity index (χ0n) is 10.4. The fourth-order valence-electron chi connectivity index (χ4n) is 1.95. The van der Waals surface area contributed by atoms with Gasteiger partial charge in [0.1, 0.15) is 11.6 Å². The van der Waals surface area contributed by atoms with Gasteiger partial charge in [0.25, 0.3) is 0 Å². The normalized spacial score (nSPS) is 12.4. The molecule has 1 atom stereocenters. The van der Waals surface area contributed by atoms with E-state index in [1.165, 1.54) is 30.3 Å². The van der Waals surface area contributed by atoms with Gasteiger partial charge in [-0.1, -0.05) is 35.3 Å². The maximum absolute atomic E-state index is 13.3. The Morgan fingerprint density at radius 3 is 2.35 bits per heavy atom. The van der Waals surface area contributed by atoms with Crippen molar-refractivity contribution in [1.29, 1.82) is 0 Å². The SMILES string of the molecule is OC(Cc1ccc(Cl)c(F)c1)Cc1ccc(F)cc1Cl. The van der Waals surface area contributed by atoms with Crippen LogP contribution in [0.1, 0.15) is 11.1 Å². The van der Waals surface area contributed by atoms with Crippen LogP contribution >= 0.6 is 23.2 Å². The lowest BCUT2D eigenvalue weighted by Crippen LogP contribution is -2.14. The summed E-state index contributed by atoms with van der Waals surface area (Å²) in [7, 11) is 0. The van der Waals surface area contributed by atoms with Gasteiger partial charge in [-0.15, -0.1) is 0 Å². The quantitative estimate of drug-likeness (QED) is 0.885. The first-order valence-electron chi connectivity index (χ1n) is 6.01. The molecule has 0 aliphatic rings. The van der Waals surface area contributed by atoms with Gasteiger partial charge in [0.05, 0.1) is 11.1 Å². The number of rotatable bonds is 4. The van der Waals surface area contributed by atoms with Crippen LogP contribution in [-0.2, 0) is 12.8 Å². The summed E-state index contributed by atoms with van der Waals surface area (Å²) in [6, 6.07) is 8.41. The maximum atomic E-state index is 13.3. The van der Waals surface area contributed by atoms with Gasteiger partial charge in [-0.25, -0.2) is 8.78 Å². The number of hydrogen-bond acceptors (Lipinski definition) is 1. The van der Waals surface area contributed by atoms with Crippen LogP contribution in [0.15, 0.2) is 36.4 Å². The molecule has 0 amide bonds. The van der Waals surface area contributed by atoms with Crippen LogP contribution in [0.4, 0.5) is 8.78 Å². The standard InChI is InChI=1S/C15H12Cl2F2O/c16-13-4-1-9(6-15(13)19)5-12(20)7-10-2-3-11(18)8-14(10)17/h1-4,6,8,12,20H,5,7H2. The first kappa shape index (κ1) is 15.2. The van der Waals surface area contributed by atoms with E-state index < -0.39 is 17.7 Å². The van der Waals surface area contributed by atoms with Gasteiger partial charge in [-0.2, -0.15) is 0 Å². The molecule has 0 fully saturated rings. The zero-order chi connectivity index (χ0) is 14.7. The molecule has 1 unspecified atom stereocenters. The molecule has 0 radical (unpaired) electrons. The number of benzene rings is 2. The molecule has 0 saturated carbocycles. The average molecular weight is 317 g/mol. The lowest BCUT2D eigenvalue weighted by atomic mass is 10.0. The molecule has 0 spiro atoms. The summed E-state index contributed by atoms with van der Waals surface area (Å²) in [5.74, 6) is -0.941. The summed E-state index contributed by atoms with van der Waals surface area (Å²) in [6.07, 6.45) is -0.205. The van der Waals surface area contributed by atoms with Crippen molar-refractivity contribution in [1.82, 2.24) is 0 Å². The molecular formula is C15H12Cl2F2O. The van der Waals surface area contributed by atoms with E-state index in [1.54, 1.807) is 6.07 Å². The average Bonchev–Trinajstić information content (AvgIpc) is 2.37. The van der Waals surface area contributed by atoms with Crippen LogP contribution in [0, 0.1) is 11.6 Å². The van der Waals surface area contributed by atoms with Crippen LogP contribution < -0.4 is 0 Å². The smallest absolute Gasteiger partial charge is 0.142 e. The van der Waals surface area contributed by atoms with Gasteiger partial charge in [-0.05, 0) is 41.8 Å². The Morgan fingerprint density at radius 2 is 1.70 bits per heavy atom. The van der Waals surface area contributed by atoms with Crippen LogP contribution in [0.5, 0.6) is 0 Å². The van der Waals surface area contributed by atoms with Crippen molar-refractivity contribution in [3.05, 3.63) is 69.2 Å². The fraction of sp³-hybridized carbons (Fsp3) is 0.200. The summed E-state index contributed by atoms with van der Waals surface area (Å²) in [5, 5.41) is 10.3. The zero-order valence-corrected chi connectivity index (χ0v) is 11.9.